The van der Waals surface area contributed by atoms with Gasteiger partial charge in [0.15, 0.2) is 34.0 Å². The number of nitrogens with zero attached hydrogens (tertiary/aromatic N) is 5. The number of aromatic hydroxyl groups is 2. The minimum absolute atomic E-state index is 0. The van der Waals surface area contributed by atoms with Gasteiger partial charge >= 0.3 is 0 Å². The first kappa shape index (κ1) is 83.8. The molecule has 0 unspecified atom stereocenters. The van der Waals surface area contributed by atoms with Gasteiger partial charge in [0.25, 0.3) is 0 Å². The summed E-state index contributed by atoms with van der Waals surface area (Å²) in [7, 11) is 0. The molecule has 2 aliphatic carbocycles. The molecule has 600 valence electrons. The van der Waals surface area contributed by atoms with Crippen LogP contribution < -0.4 is 41.1 Å². The number of rotatable bonds is 20. The summed E-state index contributed by atoms with van der Waals surface area (Å²) >= 11 is 5.55. The van der Waals surface area contributed by atoms with Gasteiger partial charge in [-0.3, -0.25) is 48.6 Å². The number of aryl methyl sites for hydroxylation is 5. The molecule has 4 N–H and O–H groups in total. The first-order valence-corrected chi connectivity index (χ1v) is 39.0. The lowest BCUT2D eigenvalue weighted by molar-refractivity contribution is -0.122. The van der Waals surface area contributed by atoms with Gasteiger partial charge in [0.2, 0.25) is 28.1 Å². The van der Waals surface area contributed by atoms with Crippen molar-refractivity contribution in [1.82, 2.24) is 35.3 Å². The second kappa shape index (κ2) is 41.1. The summed E-state index contributed by atoms with van der Waals surface area (Å²) in [5, 5.41) is 27.4. The Morgan fingerprint density at radius 3 is 1.32 bits per heavy atom. The van der Waals surface area contributed by atoms with Crippen LogP contribution in [0.4, 0.5) is 8.78 Å². The van der Waals surface area contributed by atoms with Gasteiger partial charge < -0.3 is 62.5 Å². The highest BCUT2D eigenvalue weighted by Crippen LogP contribution is 2.34. The number of phenols is 1. The molecule has 6 aromatic carbocycles. The van der Waals surface area contributed by atoms with Crippen molar-refractivity contribution >= 4 is 89.2 Å². The number of carbonyl (C=O) groups is 2. The number of nitrogens with one attached hydrogen (secondary N) is 2. The highest BCUT2D eigenvalue weighted by atomic mass is 35.5. The van der Waals surface area contributed by atoms with Crippen molar-refractivity contribution in [2.24, 2.45) is 0 Å². The molecule has 113 heavy (non-hydrogen) atoms. The lowest BCUT2D eigenvalue weighted by Crippen LogP contribution is -2.38. The fourth-order valence-electron chi connectivity index (χ4n) is 14.1. The third-order valence-corrected chi connectivity index (χ3v) is 20.3. The summed E-state index contributed by atoms with van der Waals surface area (Å²) in [4.78, 5) is 77.7. The van der Waals surface area contributed by atoms with Crippen molar-refractivity contribution in [2.45, 2.75) is 117 Å². The monoisotopic (exact) mass is 1570 g/mol. The molecule has 8 heterocycles. The van der Waals surface area contributed by atoms with Crippen molar-refractivity contribution in [3.63, 3.8) is 0 Å². The molecule has 2 amide bonds. The summed E-state index contributed by atoms with van der Waals surface area (Å²) in [5.41, 5.74) is 5.36. The molecule has 0 radical (unpaired) electrons. The quantitative estimate of drug-likeness (QED) is 0.0407. The first-order chi connectivity index (χ1) is 54.4. The van der Waals surface area contributed by atoms with Crippen LogP contribution in [0.25, 0.3) is 65.8 Å². The SMILES string of the molecule is C.Cc1cc(O)c2oc3cc(F)ccc3c(=O)c2c1.Cc1cc(OCCN2CCOCC2)c2oc3cc(F)ccc3c(=O)c2c1.Cc1cc(OCCN2CCOCC2)c2oc3cc(Oc4ccc(CCC(=O)NC5CCCC5)nc4)ccc3c(=O)c2c1.ClCCN1CCOCC1.O=C(CCc1ccc(O)cn1)NC1CCCC1. The number of morpholine rings is 3. The minimum Gasteiger partial charge on any atom is -0.506 e. The zero-order chi connectivity index (χ0) is 78.5. The molecule has 26 heteroatoms. The summed E-state index contributed by atoms with van der Waals surface area (Å²) < 4.78 is 78.2. The topological polar surface area (TPSA) is 280 Å². The number of carbonyl (C=O) groups excluding carboxylic acids is 2. The van der Waals surface area contributed by atoms with E-state index < -0.39 is 11.6 Å². The van der Waals surface area contributed by atoms with E-state index in [1.165, 1.54) is 68.3 Å². The van der Waals surface area contributed by atoms with Crippen LogP contribution in [0.3, 0.4) is 0 Å². The highest BCUT2D eigenvalue weighted by molar-refractivity contribution is 6.18. The fourth-order valence-corrected chi connectivity index (χ4v) is 14.4. The zero-order valence-corrected chi connectivity index (χ0v) is 64.2. The molecular weight excluding hydrogens is 1470 g/mol. The summed E-state index contributed by atoms with van der Waals surface area (Å²) in [6, 6.07) is 31.1. The van der Waals surface area contributed by atoms with E-state index in [0.29, 0.717) is 123 Å². The Kier molecular flexibility index (Phi) is 30.5. The second-order valence-corrected chi connectivity index (χ2v) is 29.0. The molecule has 3 aliphatic heterocycles. The molecule has 5 aliphatic rings. The van der Waals surface area contributed by atoms with E-state index in [2.05, 4.69) is 35.3 Å². The molecule has 0 spiro atoms. The van der Waals surface area contributed by atoms with Gasteiger partial charge in [-0.25, -0.2) is 8.78 Å². The highest BCUT2D eigenvalue weighted by Gasteiger charge is 2.22. The molecule has 2 saturated carbocycles. The summed E-state index contributed by atoms with van der Waals surface area (Å²) in [6.45, 7) is 19.4. The Morgan fingerprint density at radius 2 is 0.885 bits per heavy atom. The Bertz CT molecular complexity index is 5210. The maximum Gasteiger partial charge on any atom is 0.220 e. The van der Waals surface area contributed by atoms with E-state index in [9.17, 15) is 37.9 Å². The molecule has 5 aromatic heterocycles. The van der Waals surface area contributed by atoms with Crippen LogP contribution in [0.5, 0.6) is 34.5 Å². The smallest absolute Gasteiger partial charge is 0.220 e. The number of pyridine rings is 2. The number of aromatic nitrogens is 2. The van der Waals surface area contributed by atoms with Crippen LogP contribution in [0.15, 0.2) is 155 Å². The van der Waals surface area contributed by atoms with Gasteiger partial charge in [0, 0.05) is 119 Å². The molecule has 5 fully saturated rings. The maximum atomic E-state index is 13.5. The molecule has 0 bridgehead atoms. The maximum absolute atomic E-state index is 13.5. The van der Waals surface area contributed by atoms with E-state index >= 15 is 0 Å². The van der Waals surface area contributed by atoms with E-state index in [4.69, 9.17) is 58.4 Å². The Labute approximate surface area is 659 Å². The third-order valence-electron chi connectivity index (χ3n) is 20.1. The third kappa shape index (κ3) is 23.5. The molecule has 11 aromatic rings. The zero-order valence-electron chi connectivity index (χ0n) is 63.5. The van der Waals surface area contributed by atoms with Crippen molar-refractivity contribution in [3.05, 3.63) is 198 Å². The van der Waals surface area contributed by atoms with E-state index in [-0.39, 0.29) is 63.8 Å². The number of ether oxygens (including phenoxy) is 6. The standard InChI is InChI=1S/C33H37N3O6.C20H20FNO4.C14H9FO3.C13H18N2O2.C6H12ClNO.CH4/c1-22-18-28-32(38)27-10-9-25(20-29(27)42-33(28)30(19-22)40-17-14-36-12-15-39-16-13-36)41-26-8-6-23(34-21-26)7-11-31(37)35-24-4-2-3-5-24;1-13-10-16-19(23)15-3-2-14(21)12-17(15)26-20(16)18(11-13)25-9-6-22-4-7-24-8-5-22;1-7-4-10-13(17)9-3-2-8(15)6-12(9)18-14(10)11(16)5-7;16-12-7-5-10(14-9-12)6-8-13(17)15-11-3-1-2-4-11;7-1-2-8-3-5-9-6-4-8;/h6,8-10,18-21,24H,2-5,7,11-17H2,1H3,(H,35,37);2-3,10-12H,4-9H2,1H3;2-6,16H,1H3;5,7,9,11,16H,1-4,6,8H2,(H,15,17);1-6H2;1H4. The first-order valence-electron chi connectivity index (χ1n) is 38.5. The van der Waals surface area contributed by atoms with Crippen molar-refractivity contribution in [1.29, 1.82) is 0 Å². The Morgan fingerprint density at radius 1 is 0.487 bits per heavy atom. The van der Waals surface area contributed by atoms with Crippen LogP contribution in [0.1, 0.15) is 99.7 Å². The molecule has 0 atom stereocenters. The lowest BCUT2D eigenvalue weighted by atomic mass is 10.1. The fraction of sp³-hybridized carbons (Fsp3) is 0.414. The number of phenolic OH excluding ortho intramolecular Hbond substituents is 1. The van der Waals surface area contributed by atoms with Gasteiger partial charge in [-0.15, -0.1) is 11.6 Å². The summed E-state index contributed by atoms with van der Waals surface area (Å²) in [5.74, 6) is 2.17. The van der Waals surface area contributed by atoms with Crippen LogP contribution in [-0.4, -0.2) is 176 Å². The average Bonchev–Trinajstić information content (AvgIpc) is 1.10. The second-order valence-electron chi connectivity index (χ2n) is 28.6. The van der Waals surface area contributed by atoms with E-state index in [1.54, 1.807) is 55.6 Å². The average molecular weight is 1570 g/mol. The summed E-state index contributed by atoms with van der Waals surface area (Å²) in [6.07, 6.45) is 14.4. The van der Waals surface area contributed by atoms with Gasteiger partial charge in [0.05, 0.1) is 84.4 Å². The van der Waals surface area contributed by atoms with Crippen LogP contribution >= 0.6 is 11.6 Å². The van der Waals surface area contributed by atoms with Gasteiger partial charge in [-0.2, -0.15) is 0 Å². The largest absolute Gasteiger partial charge is 0.506 e. The predicted octanol–water partition coefficient (Wildman–Crippen LogP) is 14.3. The van der Waals surface area contributed by atoms with Crippen molar-refractivity contribution in [2.75, 3.05) is 118 Å². The Hall–Kier alpha value is -10.1. The molecule has 3 saturated heterocycles. The van der Waals surface area contributed by atoms with Crippen LogP contribution in [0, 0.1) is 32.4 Å². The van der Waals surface area contributed by atoms with Crippen LogP contribution in [0.2, 0.25) is 0 Å². The number of halogens is 3. The van der Waals surface area contributed by atoms with Gasteiger partial charge in [-0.05, 0) is 173 Å². The number of benzene rings is 6. The number of hydrogen-bond acceptors (Lipinski definition) is 21. The van der Waals surface area contributed by atoms with E-state index in [0.717, 1.165) is 164 Å². The van der Waals surface area contributed by atoms with Gasteiger partial charge in [0.1, 0.15) is 58.8 Å². The van der Waals surface area contributed by atoms with Crippen molar-refractivity contribution in [3.8, 4) is 34.5 Å². The van der Waals surface area contributed by atoms with Gasteiger partial charge in [-0.1, -0.05) is 33.1 Å². The molecule has 16 rings (SSSR count). The van der Waals surface area contributed by atoms with E-state index in [1.807, 2.05) is 44.2 Å². The number of amides is 2. The normalized spacial score (nSPS) is 15.6. The molecule has 23 nitrogen and oxygen atoms in total. The minimum atomic E-state index is -0.489. The lowest BCUT2D eigenvalue weighted by Gasteiger charge is -2.26. The Balaban J connectivity index is 0.000000152. The van der Waals surface area contributed by atoms with Crippen molar-refractivity contribution < 1.29 is 70.3 Å². The number of alkyl halides is 1. The molecular formula is C87H100ClF2N7O16. The number of hydrogen-bond donors (Lipinski definition) is 4. The van der Waals surface area contributed by atoms with Crippen LogP contribution in [-0.2, 0) is 36.6 Å². The predicted molar refractivity (Wildman–Crippen MR) is 434 cm³/mol. The number of fused-ring (bicyclic) bond motifs is 6.